The lowest BCUT2D eigenvalue weighted by Crippen LogP contribution is -2.48. The first-order valence-electron chi connectivity index (χ1n) is 7.25. The van der Waals surface area contributed by atoms with Crippen molar-refractivity contribution in [2.75, 3.05) is 21.3 Å². The molecular weight excluding hydrogens is 362 g/mol. The molecule has 2 amide bonds. The molecule has 0 fully saturated rings. The number of carbonyl (C=O) groups is 2. The van der Waals surface area contributed by atoms with E-state index in [4.69, 9.17) is 30.8 Å². The fraction of sp³-hybridized carbons (Fsp3) is 0.188. The van der Waals surface area contributed by atoms with E-state index in [0.717, 1.165) is 0 Å². The maximum absolute atomic E-state index is 12.3. The van der Waals surface area contributed by atoms with Gasteiger partial charge < -0.3 is 18.6 Å². The van der Waals surface area contributed by atoms with Crippen LogP contribution in [0.1, 0.15) is 20.9 Å². The normalized spacial score (nSPS) is 9.81. The monoisotopic (exact) mass is 379 g/mol. The van der Waals surface area contributed by atoms with Crippen molar-refractivity contribution in [1.82, 2.24) is 16.2 Å². The number of carbonyl (C=O) groups excluding carboxylic acids is 2. The van der Waals surface area contributed by atoms with Gasteiger partial charge in [0.05, 0.1) is 27.6 Å². The second-order valence-electron chi connectivity index (χ2n) is 4.75. The van der Waals surface area contributed by atoms with E-state index in [0.29, 0.717) is 17.2 Å². The summed E-state index contributed by atoms with van der Waals surface area (Å²) in [4.78, 5) is 24.1. The number of rotatable bonds is 5. The van der Waals surface area contributed by atoms with Crippen molar-refractivity contribution in [3.8, 4) is 17.2 Å². The largest absolute Gasteiger partial charge is 0.493 e. The minimum Gasteiger partial charge on any atom is -0.493 e. The van der Waals surface area contributed by atoms with Crippen molar-refractivity contribution in [3.05, 3.63) is 41.9 Å². The number of methoxy groups -OCH3 is 3. The molecular formula is C16H17N3O6S. The molecule has 2 aromatic rings. The summed E-state index contributed by atoms with van der Waals surface area (Å²) >= 11 is 4.97. The first-order valence-corrected chi connectivity index (χ1v) is 7.66. The molecule has 0 spiro atoms. The molecule has 10 heteroatoms. The van der Waals surface area contributed by atoms with Gasteiger partial charge in [-0.1, -0.05) is 0 Å². The van der Waals surface area contributed by atoms with Gasteiger partial charge in [-0.2, -0.15) is 0 Å². The number of furan rings is 1. The smallest absolute Gasteiger partial charge is 0.305 e. The van der Waals surface area contributed by atoms with E-state index >= 15 is 0 Å². The first-order chi connectivity index (χ1) is 12.5. The number of thiocarbonyl (C=S) groups is 1. The quantitative estimate of drug-likeness (QED) is 0.526. The highest BCUT2D eigenvalue weighted by atomic mass is 32.1. The molecule has 1 aromatic carbocycles. The third kappa shape index (κ3) is 4.42. The van der Waals surface area contributed by atoms with E-state index < -0.39 is 11.8 Å². The molecule has 2 rings (SSSR count). The van der Waals surface area contributed by atoms with E-state index in [1.54, 1.807) is 6.07 Å². The Morgan fingerprint density at radius 3 is 2.15 bits per heavy atom. The topological polar surface area (TPSA) is 111 Å². The highest BCUT2D eigenvalue weighted by molar-refractivity contribution is 7.80. The average molecular weight is 379 g/mol. The van der Waals surface area contributed by atoms with Crippen LogP contribution in [0.2, 0.25) is 0 Å². The van der Waals surface area contributed by atoms with Gasteiger partial charge in [0.15, 0.2) is 22.4 Å². The van der Waals surface area contributed by atoms with Crippen LogP contribution in [0.25, 0.3) is 0 Å². The fourth-order valence-corrected chi connectivity index (χ4v) is 2.15. The maximum Gasteiger partial charge on any atom is 0.305 e. The predicted molar refractivity (Wildman–Crippen MR) is 95.5 cm³/mol. The number of amides is 2. The molecule has 0 aliphatic carbocycles. The van der Waals surface area contributed by atoms with Crippen LogP contribution in [-0.4, -0.2) is 38.3 Å². The van der Waals surface area contributed by atoms with Crippen molar-refractivity contribution >= 4 is 29.1 Å². The summed E-state index contributed by atoms with van der Waals surface area (Å²) in [6.45, 7) is 0. The van der Waals surface area contributed by atoms with Crippen molar-refractivity contribution in [2.24, 2.45) is 0 Å². The van der Waals surface area contributed by atoms with Crippen molar-refractivity contribution < 1.29 is 28.2 Å². The molecule has 0 atom stereocenters. The summed E-state index contributed by atoms with van der Waals surface area (Å²) in [5.74, 6) is 0.0200. The number of benzene rings is 1. The Labute approximate surface area is 154 Å². The van der Waals surface area contributed by atoms with Gasteiger partial charge in [0, 0.05) is 5.56 Å². The van der Waals surface area contributed by atoms with Gasteiger partial charge in [0.25, 0.3) is 5.91 Å². The molecule has 1 aromatic heterocycles. The first kappa shape index (κ1) is 19.1. The number of ether oxygens (including phenoxy) is 3. The molecule has 26 heavy (non-hydrogen) atoms. The maximum atomic E-state index is 12.3. The van der Waals surface area contributed by atoms with Crippen molar-refractivity contribution in [3.63, 3.8) is 0 Å². The summed E-state index contributed by atoms with van der Waals surface area (Å²) in [5, 5.41) is 2.31. The van der Waals surface area contributed by atoms with Crippen LogP contribution in [-0.2, 0) is 0 Å². The molecule has 0 aliphatic rings. The minimum absolute atomic E-state index is 0.0938. The number of hydrogen-bond donors (Lipinski definition) is 3. The zero-order valence-corrected chi connectivity index (χ0v) is 15.1. The summed E-state index contributed by atoms with van der Waals surface area (Å²) in [7, 11) is 4.34. The zero-order valence-electron chi connectivity index (χ0n) is 14.2. The van der Waals surface area contributed by atoms with E-state index in [1.165, 1.54) is 45.8 Å². The molecule has 0 radical (unpaired) electrons. The number of nitrogens with one attached hydrogen (secondary N) is 3. The Balaban J connectivity index is 2.02. The Kier molecular flexibility index (Phi) is 6.39. The number of hydrazine groups is 1. The molecule has 0 unspecified atom stereocenters. The van der Waals surface area contributed by atoms with Crippen LogP contribution in [0.5, 0.6) is 17.2 Å². The van der Waals surface area contributed by atoms with Crippen LogP contribution in [0, 0.1) is 0 Å². The van der Waals surface area contributed by atoms with E-state index in [9.17, 15) is 9.59 Å². The molecule has 0 saturated heterocycles. The van der Waals surface area contributed by atoms with Crippen molar-refractivity contribution in [1.29, 1.82) is 0 Å². The van der Waals surface area contributed by atoms with Gasteiger partial charge in [-0.3, -0.25) is 25.8 Å². The summed E-state index contributed by atoms with van der Waals surface area (Å²) in [5.41, 5.74) is 4.92. The third-order valence-corrected chi connectivity index (χ3v) is 3.39. The Bertz CT molecular complexity index is 781. The summed E-state index contributed by atoms with van der Waals surface area (Å²) in [6.07, 6.45) is 1.36. The van der Waals surface area contributed by atoms with Crippen LogP contribution >= 0.6 is 12.2 Å². The molecule has 3 N–H and O–H groups in total. The third-order valence-electron chi connectivity index (χ3n) is 3.19. The lowest BCUT2D eigenvalue weighted by molar-refractivity contribution is 0.0910. The summed E-state index contributed by atoms with van der Waals surface area (Å²) < 4.78 is 20.5. The Morgan fingerprint density at radius 1 is 1.00 bits per heavy atom. The lowest BCUT2D eigenvalue weighted by Gasteiger charge is -2.14. The van der Waals surface area contributed by atoms with Crippen LogP contribution < -0.4 is 30.4 Å². The van der Waals surface area contributed by atoms with E-state index in [1.807, 2.05) is 0 Å². The van der Waals surface area contributed by atoms with Crippen molar-refractivity contribution in [2.45, 2.75) is 0 Å². The van der Waals surface area contributed by atoms with Crippen LogP contribution in [0.15, 0.2) is 34.9 Å². The van der Waals surface area contributed by atoms with Crippen LogP contribution in [0.3, 0.4) is 0 Å². The second kappa shape index (κ2) is 8.72. The molecule has 0 aliphatic heterocycles. The van der Waals surface area contributed by atoms with Gasteiger partial charge in [-0.05, 0) is 36.5 Å². The minimum atomic E-state index is -0.542. The molecule has 138 valence electrons. The van der Waals surface area contributed by atoms with Gasteiger partial charge in [0.1, 0.15) is 0 Å². The van der Waals surface area contributed by atoms with Crippen LogP contribution in [0.4, 0.5) is 0 Å². The second-order valence-corrected chi connectivity index (χ2v) is 5.16. The zero-order chi connectivity index (χ0) is 19.1. The standard InChI is InChI=1S/C16H17N3O6S/c1-22-11-7-9(8-12(23-2)13(11)24-3)14(20)17-16(26)19-18-15(21)10-5-4-6-25-10/h4-8H,1-3H3,(H,18,21)(H2,17,19,20,26). The molecule has 9 nitrogen and oxygen atoms in total. The van der Waals surface area contributed by atoms with Gasteiger partial charge in [-0.15, -0.1) is 0 Å². The van der Waals surface area contributed by atoms with Gasteiger partial charge in [-0.25, -0.2) is 0 Å². The average Bonchev–Trinajstić information content (AvgIpc) is 3.19. The SMILES string of the molecule is COc1cc(C(=O)NC(=S)NNC(=O)c2ccco2)cc(OC)c1OC. The predicted octanol–water partition coefficient (Wildman–Crippen LogP) is 1.25. The number of hydrogen-bond acceptors (Lipinski definition) is 7. The van der Waals surface area contributed by atoms with Gasteiger partial charge >= 0.3 is 5.91 Å². The van der Waals surface area contributed by atoms with Gasteiger partial charge in [0.2, 0.25) is 5.75 Å². The Hall–Kier alpha value is -3.27. The highest BCUT2D eigenvalue weighted by Gasteiger charge is 2.18. The molecule has 0 saturated carbocycles. The summed E-state index contributed by atoms with van der Waals surface area (Å²) in [6, 6.07) is 6.00. The van der Waals surface area contributed by atoms with E-state index in [2.05, 4.69) is 16.2 Å². The molecule has 0 bridgehead atoms. The molecule has 1 heterocycles. The van der Waals surface area contributed by atoms with E-state index in [-0.39, 0.29) is 16.4 Å². The highest BCUT2D eigenvalue weighted by Crippen LogP contribution is 2.38. The fourth-order valence-electron chi connectivity index (χ4n) is 2.00. The lowest BCUT2D eigenvalue weighted by atomic mass is 10.1. The Morgan fingerprint density at radius 2 is 1.65 bits per heavy atom.